The predicted molar refractivity (Wildman–Crippen MR) is 67.3 cm³/mol. The van der Waals surface area contributed by atoms with Crippen molar-refractivity contribution in [3.63, 3.8) is 0 Å². The molecular formula is C12H14BrF3N2. The Kier molecular flexibility index (Phi) is 4.64. The molecule has 1 saturated heterocycles. The van der Waals surface area contributed by atoms with E-state index in [9.17, 15) is 13.2 Å². The highest BCUT2D eigenvalue weighted by Crippen LogP contribution is 2.30. The Morgan fingerprint density at radius 2 is 1.83 bits per heavy atom. The molecule has 1 heterocycles. The number of alkyl halides is 2. The summed E-state index contributed by atoms with van der Waals surface area (Å²) in [4.78, 5) is 1.70. The van der Waals surface area contributed by atoms with E-state index in [0.717, 1.165) is 0 Å². The van der Waals surface area contributed by atoms with Crippen molar-refractivity contribution < 1.29 is 13.2 Å². The molecule has 0 bridgehead atoms. The van der Waals surface area contributed by atoms with Crippen LogP contribution in [0.3, 0.4) is 0 Å². The maximum absolute atomic E-state index is 13.3. The maximum atomic E-state index is 13.3. The first kappa shape index (κ1) is 13.8. The van der Waals surface area contributed by atoms with Crippen molar-refractivity contribution in [1.82, 2.24) is 10.2 Å². The summed E-state index contributed by atoms with van der Waals surface area (Å²) >= 11 is 3.14. The molecule has 1 aromatic rings. The van der Waals surface area contributed by atoms with E-state index < -0.39 is 18.3 Å². The van der Waals surface area contributed by atoms with Gasteiger partial charge in [0.25, 0.3) is 6.43 Å². The molecule has 1 N–H and O–H groups in total. The third-order valence-corrected chi connectivity index (χ3v) is 3.47. The van der Waals surface area contributed by atoms with Gasteiger partial charge in [0.15, 0.2) is 0 Å². The Labute approximate surface area is 112 Å². The number of piperazine rings is 1. The van der Waals surface area contributed by atoms with E-state index in [4.69, 9.17) is 0 Å². The molecule has 0 radical (unpaired) electrons. The van der Waals surface area contributed by atoms with Crippen LogP contribution in [0.1, 0.15) is 11.6 Å². The van der Waals surface area contributed by atoms with E-state index in [1.54, 1.807) is 11.0 Å². The summed E-state index contributed by atoms with van der Waals surface area (Å²) in [5.74, 6) is -0.500. The number of rotatable bonds is 3. The lowest BCUT2D eigenvalue weighted by Crippen LogP contribution is -2.46. The zero-order chi connectivity index (χ0) is 13.1. The number of nitrogens with one attached hydrogen (secondary N) is 1. The summed E-state index contributed by atoms with van der Waals surface area (Å²) in [6.45, 7) is 2.45. The zero-order valence-electron chi connectivity index (χ0n) is 9.67. The van der Waals surface area contributed by atoms with Gasteiger partial charge >= 0.3 is 0 Å². The second kappa shape index (κ2) is 6.04. The minimum absolute atomic E-state index is 0.318. The van der Waals surface area contributed by atoms with Crippen LogP contribution in [0.15, 0.2) is 22.7 Å². The van der Waals surface area contributed by atoms with Crippen molar-refractivity contribution in [2.45, 2.75) is 12.5 Å². The van der Waals surface area contributed by atoms with E-state index in [-0.39, 0.29) is 0 Å². The molecule has 1 aliphatic rings. The summed E-state index contributed by atoms with van der Waals surface area (Å²) < 4.78 is 40.3. The van der Waals surface area contributed by atoms with Gasteiger partial charge in [0.1, 0.15) is 5.82 Å². The van der Waals surface area contributed by atoms with Gasteiger partial charge in [-0.3, -0.25) is 4.90 Å². The van der Waals surface area contributed by atoms with Crippen molar-refractivity contribution in [3.05, 3.63) is 34.1 Å². The average Bonchev–Trinajstić information content (AvgIpc) is 2.28. The van der Waals surface area contributed by atoms with Gasteiger partial charge in [0.05, 0.1) is 6.04 Å². The molecule has 0 spiro atoms. The number of hydrogen-bond acceptors (Lipinski definition) is 2. The minimum atomic E-state index is -2.53. The number of halogens is 4. The first-order valence-corrected chi connectivity index (χ1v) is 6.56. The van der Waals surface area contributed by atoms with Gasteiger partial charge in [0, 0.05) is 30.7 Å². The van der Waals surface area contributed by atoms with Gasteiger partial charge in [-0.2, -0.15) is 0 Å². The Bertz CT molecular complexity index is 388. The standard InChI is InChI=1S/C12H14BrF3N2/c13-9-5-8(6-10(14)7-9)11(12(15)16)18-3-1-17-2-4-18/h5-7,11-12,17H,1-4H2/t11-/m1/s1. The van der Waals surface area contributed by atoms with Gasteiger partial charge in [-0.1, -0.05) is 15.9 Å². The first-order valence-electron chi connectivity index (χ1n) is 5.77. The molecule has 1 aliphatic heterocycles. The molecule has 0 aliphatic carbocycles. The lowest BCUT2D eigenvalue weighted by molar-refractivity contribution is 0.0180. The van der Waals surface area contributed by atoms with Gasteiger partial charge in [0.2, 0.25) is 0 Å². The highest BCUT2D eigenvalue weighted by atomic mass is 79.9. The summed E-state index contributed by atoms with van der Waals surface area (Å²) in [7, 11) is 0. The Morgan fingerprint density at radius 3 is 2.39 bits per heavy atom. The second-order valence-corrected chi connectivity index (χ2v) is 5.18. The van der Waals surface area contributed by atoms with Crippen molar-refractivity contribution >= 4 is 15.9 Å². The highest BCUT2D eigenvalue weighted by Gasteiger charge is 2.30. The summed E-state index contributed by atoms with van der Waals surface area (Å²) in [6.07, 6.45) is -2.53. The van der Waals surface area contributed by atoms with Crippen molar-refractivity contribution in [1.29, 1.82) is 0 Å². The maximum Gasteiger partial charge on any atom is 0.258 e. The van der Waals surface area contributed by atoms with Gasteiger partial charge in [-0.15, -0.1) is 0 Å². The molecule has 0 unspecified atom stereocenters. The molecule has 18 heavy (non-hydrogen) atoms. The largest absolute Gasteiger partial charge is 0.314 e. The third-order valence-electron chi connectivity index (χ3n) is 3.01. The van der Waals surface area contributed by atoms with Crippen LogP contribution in [0.25, 0.3) is 0 Å². The molecule has 0 saturated carbocycles. The van der Waals surface area contributed by atoms with E-state index >= 15 is 0 Å². The van der Waals surface area contributed by atoms with E-state index in [2.05, 4.69) is 21.2 Å². The van der Waals surface area contributed by atoms with Crippen LogP contribution in [0.5, 0.6) is 0 Å². The molecule has 0 amide bonds. The summed E-state index contributed by atoms with van der Waals surface area (Å²) in [5, 5.41) is 3.11. The number of nitrogens with zero attached hydrogens (tertiary/aromatic N) is 1. The van der Waals surface area contributed by atoms with E-state index in [1.807, 2.05) is 0 Å². The van der Waals surface area contributed by atoms with Crippen LogP contribution >= 0.6 is 15.9 Å². The van der Waals surface area contributed by atoms with Crippen molar-refractivity contribution in [2.75, 3.05) is 26.2 Å². The first-order chi connectivity index (χ1) is 8.58. The molecule has 2 rings (SSSR count). The van der Waals surface area contributed by atoms with Gasteiger partial charge in [-0.05, 0) is 23.8 Å². The smallest absolute Gasteiger partial charge is 0.258 e. The van der Waals surface area contributed by atoms with Crippen molar-refractivity contribution in [2.24, 2.45) is 0 Å². The molecule has 2 nitrogen and oxygen atoms in total. The van der Waals surface area contributed by atoms with Crippen LogP contribution in [-0.2, 0) is 0 Å². The summed E-state index contributed by atoms with van der Waals surface area (Å²) in [6, 6.07) is 2.97. The van der Waals surface area contributed by atoms with Crippen LogP contribution in [0, 0.1) is 5.82 Å². The highest BCUT2D eigenvalue weighted by molar-refractivity contribution is 9.10. The van der Waals surface area contributed by atoms with E-state index in [1.165, 1.54) is 12.1 Å². The third kappa shape index (κ3) is 3.24. The normalized spacial score (nSPS) is 19.2. The average molecular weight is 323 g/mol. The molecule has 1 atom stereocenters. The molecule has 6 heteroatoms. The zero-order valence-corrected chi connectivity index (χ0v) is 11.3. The topological polar surface area (TPSA) is 15.3 Å². The Hall–Kier alpha value is -0.590. The second-order valence-electron chi connectivity index (χ2n) is 4.27. The Morgan fingerprint density at radius 1 is 1.17 bits per heavy atom. The minimum Gasteiger partial charge on any atom is -0.314 e. The van der Waals surface area contributed by atoms with Crippen LogP contribution in [0.2, 0.25) is 0 Å². The van der Waals surface area contributed by atoms with Crippen LogP contribution in [-0.4, -0.2) is 37.5 Å². The number of benzene rings is 1. The monoisotopic (exact) mass is 322 g/mol. The van der Waals surface area contributed by atoms with Crippen LogP contribution in [0.4, 0.5) is 13.2 Å². The quantitative estimate of drug-likeness (QED) is 0.920. The fourth-order valence-corrected chi connectivity index (χ4v) is 2.70. The summed E-state index contributed by atoms with van der Waals surface area (Å²) in [5.41, 5.74) is 0.318. The molecular weight excluding hydrogens is 309 g/mol. The molecule has 100 valence electrons. The molecule has 0 aromatic heterocycles. The van der Waals surface area contributed by atoms with Gasteiger partial charge in [-0.25, -0.2) is 13.2 Å². The number of hydrogen-bond donors (Lipinski definition) is 1. The fourth-order valence-electron chi connectivity index (χ4n) is 2.22. The van der Waals surface area contributed by atoms with Gasteiger partial charge < -0.3 is 5.32 Å². The predicted octanol–water partition coefficient (Wildman–Crippen LogP) is 2.80. The molecule has 1 aromatic carbocycles. The van der Waals surface area contributed by atoms with Crippen molar-refractivity contribution in [3.8, 4) is 0 Å². The lowest BCUT2D eigenvalue weighted by Gasteiger charge is -2.34. The SMILES string of the molecule is Fc1cc(Br)cc([C@H](C(F)F)N2CCNCC2)c1. The fraction of sp³-hybridized carbons (Fsp3) is 0.500. The molecule has 1 fully saturated rings. The lowest BCUT2D eigenvalue weighted by atomic mass is 10.0. The Balaban J connectivity index is 2.28. The van der Waals surface area contributed by atoms with Crippen LogP contribution < -0.4 is 5.32 Å². The van der Waals surface area contributed by atoms with E-state index in [0.29, 0.717) is 36.2 Å².